The molecule has 1 aromatic heterocycles. The average Bonchev–Trinajstić information content (AvgIpc) is 2.98. The van der Waals surface area contributed by atoms with Crippen molar-refractivity contribution in [3.8, 4) is 0 Å². The van der Waals surface area contributed by atoms with Crippen LogP contribution in [0.1, 0.15) is 17.5 Å². The van der Waals surface area contributed by atoms with Crippen LogP contribution in [0.4, 0.5) is 0 Å². The fourth-order valence-corrected chi connectivity index (χ4v) is 2.79. The Morgan fingerprint density at radius 3 is 2.38 bits per heavy atom. The lowest BCUT2D eigenvalue weighted by atomic mass is 10.1. The number of rotatable bonds is 7. The number of carbonyl (C=O) groups excluding carboxylic acids is 2. The molecule has 0 aliphatic rings. The third-order valence-corrected chi connectivity index (χ3v) is 4.04. The summed E-state index contributed by atoms with van der Waals surface area (Å²) in [6, 6.07) is 17.9. The molecule has 5 nitrogen and oxygen atoms in total. The Kier molecular flexibility index (Phi) is 5.08. The molecule has 0 unspecified atom stereocenters. The van der Waals surface area contributed by atoms with E-state index in [1.807, 2.05) is 60.8 Å². The van der Waals surface area contributed by atoms with Gasteiger partial charge < -0.3 is 9.67 Å². The van der Waals surface area contributed by atoms with Crippen LogP contribution in [-0.2, 0) is 20.9 Å². The minimum atomic E-state index is -1.59. The summed E-state index contributed by atoms with van der Waals surface area (Å²) < 4.78 is 2.09. The number of para-hydroxylation sites is 1. The van der Waals surface area contributed by atoms with Gasteiger partial charge in [0.25, 0.3) is 0 Å². The molecular formula is C21H17NO4. The van der Waals surface area contributed by atoms with Gasteiger partial charge in [-0.3, -0.25) is 9.59 Å². The fourth-order valence-electron chi connectivity index (χ4n) is 2.79. The molecular weight excluding hydrogens is 330 g/mol. The monoisotopic (exact) mass is 347 g/mol. The second-order valence-electron chi connectivity index (χ2n) is 5.92. The number of hydrogen-bond acceptors (Lipinski definition) is 3. The lowest BCUT2D eigenvalue weighted by Crippen LogP contribution is -2.15. The van der Waals surface area contributed by atoms with E-state index in [9.17, 15) is 14.4 Å². The Labute approximate surface area is 150 Å². The number of ketones is 2. The molecule has 0 spiro atoms. The highest BCUT2D eigenvalue weighted by Gasteiger charge is 2.14. The average molecular weight is 347 g/mol. The van der Waals surface area contributed by atoms with Crippen molar-refractivity contribution in [3.05, 3.63) is 78.0 Å². The van der Waals surface area contributed by atoms with Gasteiger partial charge in [0.05, 0.1) is 6.42 Å². The van der Waals surface area contributed by atoms with Gasteiger partial charge in [0.15, 0.2) is 5.78 Å². The number of aliphatic carboxylic acids is 1. The van der Waals surface area contributed by atoms with Gasteiger partial charge in [-0.15, -0.1) is 0 Å². The van der Waals surface area contributed by atoms with E-state index in [1.165, 1.54) is 6.08 Å². The smallest absolute Gasteiger partial charge is 0.372 e. The predicted octanol–water partition coefficient (Wildman–Crippen LogP) is 3.32. The van der Waals surface area contributed by atoms with E-state index in [2.05, 4.69) is 4.57 Å². The maximum absolute atomic E-state index is 11.8. The maximum Gasteiger partial charge on any atom is 0.372 e. The van der Waals surface area contributed by atoms with Crippen molar-refractivity contribution in [3.63, 3.8) is 0 Å². The van der Waals surface area contributed by atoms with Crippen LogP contribution in [-0.4, -0.2) is 27.2 Å². The molecule has 0 aliphatic carbocycles. The summed E-state index contributed by atoms with van der Waals surface area (Å²) in [5.41, 5.74) is 3.03. The van der Waals surface area contributed by atoms with Gasteiger partial charge in [-0.2, -0.15) is 0 Å². The number of allylic oxidation sites excluding steroid dienone is 1. The first-order valence-electron chi connectivity index (χ1n) is 8.13. The second kappa shape index (κ2) is 7.61. The van der Waals surface area contributed by atoms with Crippen molar-refractivity contribution in [1.29, 1.82) is 0 Å². The number of aromatic nitrogens is 1. The quantitative estimate of drug-likeness (QED) is 0.404. The lowest BCUT2D eigenvalue weighted by molar-refractivity contribution is -0.149. The van der Waals surface area contributed by atoms with E-state index in [0.29, 0.717) is 6.54 Å². The van der Waals surface area contributed by atoms with Crippen LogP contribution in [0.2, 0.25) is 0 Å². The summed E-state index contributed by atoms with van der Waals surface area (Å²) in [5.74, 6) is -3.23. The van der Waals surface area contributed by atoms with Gasteiger partial charge in [-0.1, -0.05) is 48.5 Å². The van der Waals surface area contributed by atoms with Crippen molar-refractivity contribution in [2.45, 2.75) is 13.0 Å². The van der Waals surface area contributed by atoms with E-state index >= 15 is 0 Å². The molecule has 26 heavy (non-hydrogen) atoms. The Morgan fingerprint density at radius 2 is 1.65 bits per heavy atom. The standard InChI is InChI=1S/C21H17NO4/c23-17(12-20(24)21(25)26)11-10-16-14-22(13-15-6-2-1-3-7-15)19-9-5-4-8-18(16)19/h1-11,14H,12-13H2,(H,25,26)/b11-10+. The van der Waals surface area contributed by atoms with Crippen molar-refractivity contribution in [2.75, 3.05) is 0 Å². The SMILES string of the molecule is O=C(/C=C/c1cn(Cc2ccccc2)c2ccccc12)CC(=O)C(=O)O. The van der Waals surface area contributed by atoms with E-state index in [0.717, 1.165) is 22.0 Å². The fraction of sp³-hybridized carbons (Fsp3) is 0.0952. The first-order chi connectivity index (χ1) is 12.5. The van der Waals surface area contributed by atoms with Crippen LogP contribution in [0.15, 0.2) is 66.9 Å². The third kappa shape index (κ3) is 3.95. The minimum Gasteiger partial charge on any atom is -0.475 e. The summed E-state index contributed by atoms with van der Waals surface area (Å²) in [5, 5.41) is 9.56. The Balaban J connectivity index is 1.87. The van der Waals surface area contributed by atoms with Crippen LogP contribution in [0, 0.1) is 0 Å². The predicted molar refractivity (Wildman–Crippen MR) is 98.8 cm³/mol. The zero-order valence-corrected chi connectivity index (χ0v) is 14.0. The molecule has 0 saturated heterocycles. The van der Waals surface area contributed by atoms with Crippen LogP contribution >= 0.6 is 0 Å². The number of Topliss-reactive ketones (excluding diaryl/α,β-unsaturated/α-hetero) is 1. The van der Waals surface area contributed by atoms with E-state index in [1.54, 1.807) is 6.08 Å². The van der Waals surface area contributed by atoms with Gasteiger partial charge in [0.1, 0.15) is 0 Å². The third-order valence-electron chi connectivity index (χ3n) is 4.04. The van der Waals surface area contributed by atoms with E-state index in [-0.39, 0.29) is 0 Å². The molecule has 0 bridgehead atoms. The summed E-state index contributed by atoms with van der Waals surface area (Å²) in [6.07, 6.45) is 4.20. The van der Waals surface area contributed by atoms with Gasteiger partial charge >= 0.3 is 5.97 Å². The molecule has 3 aromatic rings. The minimum absolute atomic E-state index is 0.530. The zero-order valence-electron chi connectivity index (χ0n) is 14.0. The van der Waals surface area contributed by atoms with Crippen molar-refractivity contribution < 1.29 is 19.5 Å². The molecule has 1 N–H and O–H groups in total. The molecule has 5 heteroatoms. The normalized spacial score (nSPS) is 11.1. The van der Waals surface area contributed by atoms with Gasteiger partial charge in [-0.05, 0) is 23.8 Å². The van der Waals surface area contributed by atoms with Gasteiger partial charge in [-0.25, -0.2) is 4.79 Å². The Morgan fingerprint density at radius 1 is 0.962 bits per heavy atom. The number of carbonyl (C=O) groups is 3. The summed E-state index contributed by atoms with van der Waals surface area (Å²) in [6.45, 7) is 0.695. The van der Waals surface area contributed by atoms with Crippen LogP contribution < -0.4 is 0 Å². The first kappa shape index (κ1) is 17.4. The number of nitrogens with zero attached hydrogens (tertiary/aromatic N) is 1. The molecule has 3 rings (SSSR count). The summed E-state index contributed by atoms with van der Waals surface area (Å²) >= 11 is 0. The van der Waals surface area contributed by atoms with Crippen molar-refractivity contribution in [2.24, 2.45) is 0 Å². The Hall–Kier alpha value is -3.47. The molecule has 0 atom stereocenters. The van der Waals surface area contributed by atoms with Crippen molar-refractivity contribution in [1.82, 2.24) is 4.57 Å². The van der Waals surface area contributed by atoms with E-state index < -0.39 is 24.0 Å². The summed E-state index contributed by atoms with van der Waals surface area (Å²) in [4.78, 5) is 33.4. The van der Waals surface area contributed by atoms with Crippen LogP contribution in [0.25, 0.3) is 17.0 Å². The summed E-state index contributed by atoms with van der Waals surface area (Å²) in [7, 11) is 0. The molecule has 0 saturated carbocycles. The van der Waals surface area contributed by atoms with Gasteiger partial charge in [0.2, 0.25) is 5.78 Å². The number of carboxylic acids is 1. The van der Waals surface area contributed by atoms with Gasteiger partial charge in [0, 0.05) is 29.2 Å². The number of hydrogen-bond donors (Lipinski definition) is 1. The molecule has 1 heterocycles. The highest BCUT2D eigenvalue weighted by molar-refractivity contribution is 6.37. The first-order valence-corrected chi connectivity index (χ1v) is 8.13. The van der Waals surface area contributed by atoms with Crippen LogP contribution in [0.5, 0.6) is 0 Å². The molecule has 0 radical (unpaired) electrons. The zero-order chi connectivity index (χ0) is 18.5. The van der Waals surface area contributed by atoms with Crippen LogP contribution in [0.3, 0.4) is 0 Å². The molecule has 130 valence electrons. The van der Waals surface area contributed by atoms with E-state index in [4.69, 9.17) is 5.11 Å². The van der Waals surface area contributed by atoms with Crippen molar-refractivity contribution >= 4 is 34.5 Å². The number of carboxylic acid groups (broad SMARTS) is 1. The second-order valence-corrected chi connectivity index (χ2v) is 5.92. The lowest BCUT2D eigenvalue weighted by Gasteiger charge is -2.05. The topological polar surface area (TPSA) is 76.4 Å². The molecule has 2 aromatic carbocycles. The molecule has 0 amide bonds. The number of benzene rings is 2. The molecule has 0 fully saturated rings. The Bertz CT molecular complexity index is 999. The maximum atomic E-state index is 11.8. The molecule has 0 aliphatic heterocycles. The number of fused-ring (bicyclic) bond motifs is 1. The highest BCUT2D eigenvalue weighted by Crippen LogP contribution is 2.23. The largest absolute Gasteiger partial charge is 0.475 e. The highest BCUT2D eigenvalue weighted by atomic mass is 16.4.